The monoisotopic (exact) mass is 765 g/mol. The molecule has 10 nitrogen and oxygen atoms in total. The second-order valence-corrected chi connectivity index (χ2v) is 15.8. The van der Waals surface area contributed by atoms with Gasteiger partial charge in [-0.05, 0) is 129 Å². The number of carbonyl (C=O) groups is 4. The lowest BCUT2D eigenvalue weighted by atomic mass is 9.88. The molecule has 4 amide bonds. The average molecular weight is 766 g/mol. The quantitative estimate of drug-likeness (QED) is 0.127. The van der Waals surface area contributed by atoms with Gasteiger partial charge in [0, 0.05) is 38.3 Å². The van der Waals surface area contributed by atoms with E-state index >= 15 is 0 Å². The van der Waals surface area contributed by atoms with E-state index < -0.39 is 23.8 Å². The van der Waals surface area contributed by atoms with E-state index in [2.05, 4.69) is 80.7 Å². The van der Waals surface area contributed by atoms with Crippen molar-refractivity contribution in [1.82, 2.24) is 20.0 Å². The molecule has 0 bridgehead atoms. The zero-order valence-corrected chi connectivity index (χ0v) is 32.4. The molecule has 8 rings (SSSR count). The number of nitrogens with one attached hydrogen (secondary N) is 1. The van der Waals surface area contributed by atoms with Crippen molar-refractivity contribution in [3.8, 4) is 5.75 Å². The SMILES string of the molecule is O=C1CCC(N2C(=O)c3ccc(N4CCN(CCCN5CCC(c6ccc(/C=C(\CCc7ccc(O)cc7)c7ccccc7)cc6)CC5)CC4)cc3C2=O)C(=O)N1. The summed E-state index contributed by atoms with van der Waals surface area (Å²) in [6, 6.07) is 31.7. The third kappa shape index (κ3) is 8.87. The van der Waals surface area contributed by atoms with Crippen LogP contribution in [0, 0.1) is 0 Å². The molecule has 1 atom stereocenters. The lowest BCUT2D eigenvalue weighted by molar-refractivity contribution is -0.136. The number of phenols is 1. The Morgan fingerprint density at radius 3 is 2.11 bits per heavy atom. The number of allylic oxidation sites excluding steroid dienone is 1. The molecule has 4 aromatic carbocycles. The van der Waals surface area contributed by atoms with Crippen molar-refractivity contribution >= 4 is 41.0 Å². The van der Waals surface area contributed by atoms with Crippen LogP contribution >= 0.6 is 0 Å². The average Bonchev–Trinajstić information content (AvgIpc) is 3.49. The van der Waals surface area contributed by atoms with Gasteiger partial charge in [0.1, 0.15) is 11.8 Å². The number of likely N-dealkylation sites (tertiary alicyclic amines) is 1. The molecule has 4 aliphatic rings. The minimum atomic E-state index is -0.955. The summed E-state index contributed by atoms with van der Waals surface area (Å²) in [5.41, 5.74) is 7.97. The Hall–Kier alpha value is -5.58. The number of aromatic hydroxyl groups is 1. The lowest BCUT2D eigenvalue weighted by Crippen LogP contribution is -2.54. The van der Waals surface area contributed by atoms with Gasteiger partial charge in [0.2, 0.25) is 11.8 Å². The molecule has 3 saturated heterocycles. The summed E-state index contributed by atoms with van der Waals surface area (Å²) in [6.07, 6.45) is 7.90. The second-order valence-electron chi connectivity index (χ2n) is 15.8. The number of anilines is 1. The van der Waals surface area contributed by atoms with Crippen molar-refractivity contribution in [1.29, 1.82) is 0 Å². The number of amides is 4. The molecule has 1 unspecified atom stereocenters. The topological polar surface area (TPSA) is 114 Å². The second kappa shape index (κ2) is 17.3. The first-order chi connectivity index (χ1) is 27.8. The number of imide groups is 2. The molecule has 4 aliphatic heterocycles. The van der Waals surface area contributed by atoms with Gasteiger partial charge >= 0.3 is 0 Å². The number of hydrogen-bond donors (Lipinski definition) is 2. The molecule has 0 saturated carbocycles. The van der Waals surface area contributed by atoms with Gasteiger partial charge < -0.3 is 14.9 Å². The maximum atomic E-state index is 13.3. The maximum absolute atomic E-state index is 13.3. The van der Waals surface area contributed by atoms with E-state index in [1.165, 1.54) is 40.7 Å². The lowest BCUT2D eigenvalue weighted by Gasteiger charge is -2.37. The molecule has 0 aromatic heterocycles. The van der Waals surface area contributed by atoms with E-state index in [1.54, 1.807) is 24.3 Å². The van der Waals surface area contributed by atoms with Gasteiger partial charge in [-0.2, -0.15) is 0 Å². The van der Waals surface area contributed by atoms with Crippen molar-refractivity contribution in [2.45, 2.75) is 56.9 Å². The smallest absolute Gasteiger partial charge is 0.262 e. The predicted octanol–water partition coefficient (Wildman–Crippen LogP) is 6.36. The van der Waals surface area contributed by atoms with Gasteiger partial charge in [-0.3, -0.25) is 34.3 Å². The summed E-state index contributed by atoms with van der Waals surface area (Å²) in [5.74, 6) is -1.02. The molecular formula is C47H51N5O5. The first-order valence-electron chi connectivity index (χ1n) is 20.5. The van der Waals surface area contributed by atoms with Gasteiger partial charge in [-0.15, -0.1) is 0 Å². The summed E-state index contributed by atoms with van der Waals surface area (Å²) < 4.78 is 0. The van der Waals surface area contributed by atoms with Crippen molar-refractivity contribution in [2.75, 3.05) is 57.3 Å². The molecule has 4 aromatic rings. The van der Waals surface area contributed by atoms with E-state index in [0.717, 1.165) is 82.2 Å². The number of aryl methyl sites for hydroxylation is 1. The number of rotatable bonds is 12. The summed E-state index contributed by atoms with van der Waals surface area (Å²) in [7, 11) is 0. The highest BCUT2D eigenvalue weighted by Gasteiger charge is 2.44. The number of carbonyl (C=O) groups excluding carboxylic acids is 4. The number of piperidine rings is 2. The van der Waals surface area contributed by atoms with Crippen molar-refractivity contribution in [3.05, 3.63) is 130 Å². The number of nitrogens with zero attached hydrogens (tertiary/aromatic N) is 4. The van der Waals surface area contributed by atoms with Gasteiger partial charge in [-0.1, -0.05) is 72.8 Å². The molecule has 10 heteroatoms. The zero-order valence-electron chi connectivity index (χ0n) is 32.4. The highest BCUT2D eigenvalue weighted by atomic mass is 16.3. The molecule has 0 aliphatic carbocycles. The van der Waals surface area contributed by atoms with Crippen LogP contribution in [-0.4, -0.2) is 102 Å². The van der Waals surface area contributed by atoms with Crippen LogP contribution in [0.15, 0.2) is 97.1 Å². The number of piperazine rings is 1. The normalized spacial score (nSPS) is 19.9. The number of benzene rings is 4. The fourth-order valence-corrected chi connectivity index (χ4v) is 8.85. The third-order valence-electron chi connectivity index (χ3n) is 12.2. The van der Waals surface area contributed by atoms with E-state index in [9.17, 15) is 24.3 Å². The zero-order chi connectivity index (χ0) is 39.3. The molecule has 57 heavy (non-hydrogen) atoms. The summed E-state index contributed by atoms with van der Waals surface area (Å²) in [4.78, 5) is 58.9. The first kappa shape index (κ1) is 38.3. The van der Waals surface area contributed by atoms with E-state index in [1.807, 2.05) is 18.2 Å². The van der Waals surface area contributed by atoms with Crippen LogP contribution in [-0.2, 0) is 16.0 Å². The minimum Gasteiger partial charge on any atom is -0.508 e. The fraction of sp³-hybridized carbons (Fsp3) is 0.362. The van der Waals surface area contributed by atoms with Gasteiger partial charge in [0.15, 0.2) is 0 Å². The molecule has 0 radical (unpaired) electrons. The van der Waals surface area contributed by atoms with Crippen LogP contribution in [0.1, 0.15) is 87.4 Å². The molecule has 294 valence electrons. The van der Waals surface area contributed by atoms with Gasteiger partial charge in [0.25, 0.3) is 11.8 Å². The van der Waals surface area contributed by atoms with Crippen molar-refractivity contribution in [3.63, 3.8) is 0 Å². The van der Waals surface area contributed by atoms with E-state index in [0.29, 0.717) is 22.8 Å². The Balaban J connectivity index is 0.774. The van der Waals surface area contributed by atoms with Gasteiger partial charge in [-0.25, -0.2) is 0 Å². The Labute approximate surface area is 334 Å². The van der Waals surface area contributed by atoms with Crippen LogP contribution in [0.3, 0.4) is 0 Å². The predicted molar refractivity (Wildman–Crippen MR) is 222 cm³/mol. The highest BCUT2D eigenvalue weighted by molar-refractivity contribution is 6.23. The third-order valence-corrected chi connectivity index (χ3v) is 12.2. The molecule has 3 fully saturated rings. The number of hydrogen-bond acceptors (Lipinski definition) is 8. The van der Waals surface area contributed by atoms with Crippen LogP contribution in [0.4, 0.5) is 5.69 Å². The van der Waals surface area contributed by atoms with Crippen molar-refractivity contribution < 1.29 is 24.3 Å². The van der Waals surface area contributed by atoms with Crippen LogP contribution in [0.25, 0.3) is 11.6 Å². The maximum Gasteiger partial charge on any atom is 0.262 e. The molecule has 2 N–H and O–H groups in total. The number of phenolic OH excluding ortho intramolecular Hbond substituents is 1. The summed E-state index contributed by atoms with van der Waals surface area (Å²) in [6.45, 7) is 7.95. The Morgan fingerprint density at radius 1 is 0.719 bits per heavy atom. The minimum absolute atomic E-state index is 0.106. The molecule has 0 spiro atoms. The van der Waals surface area contributed by atoms with E-state index in [-0.39, 0.29) is 18.7 Å². The molecule has 4 heterocycles. The Bertz CT molecular complexity index is 2120. The highest BCUT2D eigenvalue weighted by Crippen LogP contribution is 2.32. The van der Waals surface area contributed by atoms with Crippen molar-refractivity contribution in [2.24, 2.45) is 0 Å². The molecular weight excluding hydrogens is 715 g/mol. The first-order valence-corrected chi connectivity index (χ1v) is 20.5. The summed E-state index contributed by atoms with van der Waals surface area (Å²) >= 11 is 0. The standard InChI is InChI=1S/C47H51N5O5/c53-40-16-10-33(11-17-40)7-14-38(35-5-2-1-3-6-35)31-34-8-12-36(13-9-34)37-21-25-49(26-22-37)23-4-24-50-27-29-51(30-28-50)39-15-18-41-42(32-39)47(57)52(46(41)56)43-19-20-44(54)48-45(43)55/h1-3,5-6,8-13,15-18,31-32,37,43,53H,4,7,14,19-30H2,(H,48,54,55)/b38-31+. The van der Waals surface area contributed by atoms with E-state index in [4.69, 9.17) is 0 Å². The summed E-state index contributed by atoms with van der Waals surface area (Å²) in [5, 5.41) is 11.9. The van der Waals surface area contributed by atoms with Crippen LogP contribution in [0.5, 0.6) is 5.75 Å². The number of fused-ring (bicyclic) bond motifs is 1. The largest absolute Gasteiger partial charge is 0.508 e. The Morgan fingerprint density at radius 2 is 1.40 bits per heavy atom. The fourth-order valence-electron chi connectivity index (χ4n) is 8.85. The van der Waals surface area contributed by atoms with Gasteiger partial charge in [0.05, 0.1) is 11.1 Å². The van der Waals surface area contributed by atoms with Crippen LogP contribution < -0.4 is 10.2 Å². The van der Waals surface area contributed by atoms with Crippen LogP contribution in [0.2, 0.25) is 0 Å². The Kier molecular flexibility index (Phi) is 11.6.